The van der Waals surface area contributed by atoms with Crippen molar-refractivity contribution in [2.75, 3.05) is 18.5 Å². The van der Waals surface area contributed by atoms with Crippen LogP contribution in [0.4, 0.5) is 0 Å². The summed E-state index contributed by atoms with van der Waals surface area (Å²) in [4.78, 5) is 4.93. The van der Waals surface area contributed by atoms with E-state index in [1.54, 1.807) is 0 Å². The zero-order chi connectivity index (χ0) is 17.5. The second-order valence-electron chi connectivity index (χ2n) is 7.28. The van der Waals surface area contributed by atoms with Gasteiger partial charge >= 0.3 is 157 Å². The van der Waals surface area contributed by atoms with E-state index < -0.39 is 5.96 Å². The fourth-order valence-electron chi connectivity index (χ4n) is 3.56. The van der Waals surface area contributed by atoms with Gasteiger partial charge in [0.05, 0.1) is 0 Å². The van der Waals surface area contributed by atoms with Gasteiger partial charge < -0.3 is 0 Å². The average molecular weight is 386 g/mol. The molecule has 0 saturated carbocycles. The van der Waals surface area contributed by atoms with Crippen LogP contribution in [-0.2, 0) is 6.16 Å². The topological polar surface area (TPSA) is 12.9 Å². The van der Waals surface area contributed by atoms with E-state index in [1.165, 1.54) is 66.7 Å². The third kappa shape index (κ3) is 5.16. The molecule has 1 aromatic heterocycles. The van der Waals surface area contributed by atoms with E-state index in [0.29, 0.717) is 0 Å². The van der Waals surface area contributed by atoms with Crippen molar-refractivity contribution >= 4 is 38.8 Å². The number of benzene rings is 1. The Labute approximate surface area is 156 Å². The average Bonchev–Trinajstić information content (AvgIpc) is 2.99. The Kier molecular flexibility index (Phi) is 7.53. The normalized spacial score (nSPS) is 13.9. The van der Waals surface area contributed by atoms with Gasteiger partial charge in [0.2, 0.25) is 0 Å². The first-order chi connectivity index (χ1) is 11.5. The van der Waals surface area contributed by atoms with Crippen LogP contribution in [0.3, 0.4) is 0 Å². The molecule has 1 heterocycles. The number of hydrogen-bond donors (Lipinski definition) is 0. The minimum absolute atomic E-state index is 1.05. The summed E-state index contributed by atoms with van der Waals surface area (Å²) in [5.41, 5.74) is 1.14. The van der Waals surface area contributed by atoms with Crippen LogP contribution in [-0.4, -0.2) is 23.5 Å². The SMILES string of the molecule is CCCCP(Cl)(CCCC)(CCCC)Cc1nc2ccccc2s1. The van der Waals surface area contributed by atoms with Crippen molar-refractivity contribution in [2.24, 2.45) is 0 Å². The zero-order valence-electron chi connectivity index (χ0n) is 15.6. The maximum absolute atomic E-state index is 7.69. The summed E-state index contributed by atoms with van der Waals surface area (Å²) < 4.78 is 1.30. The molecule has 2 rings (SSSR count). The van der Waals surface area contributed by atoms with Gasteiger partial charge in [0.25, 0.3) is 0 Å². The maximum atomic E-state index is 7.69. The Bertz CT molecular complexity index is 582. The third-order valence-corrected chi connectivity index (χ3v) is 13.6. The molecular formula is C20H33ClNPS. The summed E-state index contributed by atoms with van der Waals surface area (Å²) >= 11 is 9.55. The van der Waals surface area contributed by atoms with Crippen LogP contribution in [0, 0.1) is 0 Å². The minimum atomic E-state index is -2.23. The van der Waals surface area contributed by atoms with E-state index in [1.807, 2.05) is 11.3 Å². The van der Waals surface area contributed by atoms with Gasteiger partial charge in [-0.05, 0) is 0 Å². The van der Waals surface area contributed by atoms with E-state index in [0.717, 1.165) is 11.7 Å². The summed E-state index contributed by atoms with van der Waals surface area (Å²) in [6.45, 7) is 6.86. The van der Waals surface area contributed by atoms with Crippen LogP contribution in [0.15, 0.2) is 24.3 Å². The number of halogens is 1. The van der Waals surface area contributed by atoms with Gasteiger partial charge in [-0.15, -0.1) is 0 Å². The third-order valence-electron chi connectivity index (χ3n) is 5.08. The standard InChI is InChI=1S/C20H33ClNPS/c1-4-7-14-23(21,15-8-5-2,16-9-6-3)17-20-22-18-12-10-11-13-19(18)24-20/h10-13H,4-9,14-17H2,1-3H3. The predicted octanol–water partition coefficient (Wildman–Crippen LogP) is 7.90. The van der Waals surface area contributed by atoms with E-state index >= 15 is 0 Å². The molecule has 0 atom stereocenters. The van der Waals surface area contributed by atoms with E-state index in [-0.39, 0.29) is 0 Å². The number of para-hydroxylation sites is 1. The van der Waals surface area contributed by atoms with Crippen molar-refractivity contribution in [3.05, 3.63) is 29.3 Å². The fraction of sp³-hybridized carbons (Fsp3) is 0.650. The fourth-order valence-corrected chi connectivity index (χ4v) is 12.4. The molecular weight excluding hydrogens is 353 g/mol. The van der Waals surface area contributed by atoms with Crippen LogP contribution in [0.5, 0.6) is 0 Å². The second kappa shape index (κ2) is 8.97. The molecule has 0 aliphatic carbocycles. The van der Waals surface area contributed by atoms with Gasteiger partial charge in [0.1, 0.15) is 0 Å². The zero-order valence-corrected chi connectivity index (χ0v) is 18.0. The molecule has 1 aromatic carbocycles. The molecule has 4 heteroatoms. The Balaban J connectivity index is 2.33. The van der Waals surface area contributed by atoms with Gasteiger partial charge in [0, 0.05) is 0 Å². The summed E-state index contributed by atoms with van der Waals surface area (Å²) in [6, 6.07) is 8.50. The molecule has 0 bridgehead atoms. The molecule has 0 aliphatic rings. The Hall–Kier alpha value is -0.170. The van der Waals surface area contributed by atoms with Crippen molar-refractivity contribution in [1.29, 1.82) is 0 Å². The van der Waals surface area contributed by atoms with Gasteiger partial charge in [-0.3, -0.25) is 0 Å². The molecule has 0 aliphatic heterocycles. The van der Waals surface area contributed by atoms with Crippen molar-refractivity contribution < 1.29 is 0 Å². The van der Waals surface area contributed by atoms with Crippen molar-refractivity contribution in [3.63, 3.8) is 0 Å². The molecule has 0 radical (unpaired) electrons. The van der Waals surface area contributed by atoms with E-state index in [2.05, 4.69) is 45.0 Å². The summed E-state index contributed by atoms with van der Waals surface area (Å²) in [5, 5.41) is 1.27. The summed E-state index contributed by atoms with van der Waals surface area (Å²) in [5.74, 6) is -2.23. The molecule has 1 nitrogen and oxygen atoms in total. The number of thiazole rings is 1. The predicted molar refractivity (Wildman–Crippen MR) is 115 cm³/mol. The number of aromatic nitrogens is 1. The number of unbranched alkanes of at least 4 members (excludes halogenated alkanes) is 3. The summed E-state index contributed by atoms with van der Waals surface area (Å²) in [6.07, 6.45) is 12.3. The monoisotopic (exact) mass is 385 g/mol. The molecule has 0 unspecified atom stereocenters. The summed E-state index contributed by atoms with van der Waals surface area (Å²) in [7, 11) is 0. The Morgan fingerprint density at radius 2 is 1.46 bits per heavy atom. The van der Waals surface area contributed by atoms with Gasteiger partial charge in [-0.2, -0.15) is 0 Å². The van der Waals surface area contributed by atoms with Gasteiger partial charge in [0.15, 0.2) is 0 Å². The van der Waals surface area contributed by atoms with Crippen LogP contribution >= 0.6 is 28.5 Å². The van der Waals surface area contributed by atoms with E-state index in [9.17, 15) is 0 Å². The first kappa shape index (κ1) is 20.1. The van der Waals surface area contributed by atoms with Crippen LogP contribution in [0.1, 0.15) is 64.3 Å². The molecule has 2 aromatic rings. The first-order valence-electron chi connectivity index (χ1n) is 9.59. The Morgan fingerprint density at radius 3 is 1.96 bits per heavy atom. The van der Waals surface area contributed by atoms with E-state index in [4.69, 9.17) is 16.2 Å². The van der Waals surface area contributed by atoms with Crippen molar-refractivity contribution in [3.8, 4) is 0 Å². The van der Waals surface area contributed by atoms with Crippen molar-refractivity contribution in [1.82, 2.24) is 4.98 Å². The number of rotatable bonds is 11. The van der Waals surface area contributed by atoms with Crippen molar-refractivity contribution in [2.45, 2.75) is 65.5 Å². The number of hydrogen-bond acceptors (Lipinski definition) is 2. The van der Waals surface area contributed by atoms with Gasteiger partial charge in [-0.1, -0.05) is 0 Å². The molecule has 0 spiro atoms. The molecule has 0 fully saturated rings. The molecule has 0 amide bonds. The number of nitrogens with zero attached hydrogens (tertiary/aromatic N) is 1. The molecule has 136 valence electrons. The van der Waals surface area contributed by atoms with Crippen LogP contribution < -0.4 is 0 Å². The van der Waals surface area contributed by atoms with Crippen LogP contribution in [0.25, 0.3) is 10.2 Å². The molecule has 0 saturated heterocycles. The van der Waals surface area contributed by atoms with Gasteiger partial charge in [-0.25, -0.2) is 0 Å². The second-order valence-corrected chi connectivity index (χ2v) is 16.6. The number of fused-ring (bicyclic) bond motifs is 1. The molecule has 0 N–H and O–H groups in total. The quantitative estimate of drug-likeness (QED) is 0.358. The first-order valence-corrected chi connectivity index (χ1v) is 14.3. The molecule has 24 heavy (non-hydrogen) atoms. The Morgan fingerprint density at radius 1 is 0.917 bits per heavy atom. The van der Waals surface area contributed by atoms with Crippen LogP contribution in [0.2, 0.25) is 0 Å².